The summed E-state index contributed by atoms with van der Waals surface area (Å²) in [6.07, 6.45) is 1.54. The summed E-state index contributed by atoms with van der Waals surface area (Å²) < 4.78 is 23.7. The average molecular weight is 458 g/mol. The first-order valence-electron chi connectivity index (χ1n) is 11.7. The topological polar surface area (TPSA) is 105 Å². The predicted octanol–water partition coefficient (Wildman–Crippen LogP) is 3.03. The van der Waals surface area contributed by atoms with Crippen LogP contribution in [-0.4, -0.2) is 61.9 Å². The van der Waals surface area contributed by atoms with Crippen molar-refractivity contribution in [2.24, 2.45) is 5.41 Å². The quantitative estimate of drug-likeness (QED) is 0.659. The summed E-state index contributed by atoms with van der Waals surface area (Å²) in [5, 5.41) is 5.42. The summed E-state index contributed by atoms with van der Waals surface area (Å²) in [6, 6.07) is 5.61. The minimum Gasteiger partial charge on any atom is -0.435 e. The van der Waals surface area contributed by atoms with Crippen LogP contribution in [0.25, 0.3) is 0 Å². The zero-order valence-electron chi connectivity index (χ0n) is 19.5. The molecule has 0 bridgehead atoms. The van der Waals surface area contributed by atoms with Crippen molar-refractivity contribution in [1.82, 2.24) is 10.2 Å². The molecule has 2 N–H and O–H groups in total. The van der Waals surface area contributed by atoms with Gasteiger partial charge in [0.15, 0.2) is 18.1 Å². The second-order valence-corrected chi connectivity index (χ2v) is 11.2. The van der Waals surface area contributed by atoms with E-state index in [1.807, 2.05) is 18.2 Å². The van der Waals surface area contributed by atoms with Crippen LogP contribution in [0.1, 0.15) is 51.2 Å². The normalized spacial score (nSPS) is 34.5. The van der Waals surface area contributed by atoms with E-state index in [0.717, 1.165) is 36.1 Å². The minimum atomic E-state index is -0.762. The first kappa shape index (κ1) is 21.2. The molecule has 1 saturated carbocycles. The van der Waals surface area contributed by atoms with Crippen molar-refractivity contribution in [3.8, 4) is 0 Å². The third kappa shape index (κ3) is 3.48. The number of carbonyl (C=O) groups excluding carboxylic acids is 2. The van der Waals surface area contributed by atoms with Crippen molar-refractivity contribution in [2.75, 3.05) is 25.5 Å². The number of carbonyl (C=O) groups is 2. The Kier molecular flexibility index (Phi) is 4.39. The van der Waals surface area contributed by atoms with E-state index in [9.17, 15) is 9.59 Å². The number of rotatable bonds is 5. The van der Waals surface area contributed by atoms with Crippen molar-refractivity contribution >= 4 is 17.8 Å². The van der Waals surface area contributed by atoms with Crippen LogP contribution in [0.15, 0.2) is 18.2 Å². The summed E-state index contributed by atoms with van der Waals surface area (Å²) >= 11 is 0. The Morgan fingerprint density at radius 3 is 2.73 bits per heavy atom. The third-order valence-electron chi connectivity index (χ3n) is 7.32. The molecule has 2 aliphatic carbocycles. The van der Waals surface area contributed by atoms with Gasteiger partial charge in [-0.3, -0.25) is 4.90 Å². The van der Waals surface area contributed by atoms with Crippen LogP contribution in [0.5, 0.6) is 0 Å². The molecule has 4 fully saturated rings. The molecule has 3 amide bonds. The molecule has 2 spiro atoms. The van der Waals surface area contributed by atoms with Crippen LogP contribution >= 0.6 is 0 Å². The van der Waals surface area contributed by atoms with E-state index in [1.165, 1.54) is 0 Å². The molecule has 5 unspecified atom stereocenters. The van der Waals surface area contributed by atoms with Crippen LogP contribution in [0.4, 0.5) is 15.3 Å². The van der Waals surface area contributed by atoms with E-state index in [-0.39, 0.29) is 47.7 Å². The molecule has 6 rings (SSSR count). The number of amides is 3. The molecule has 3 aliphatic heterocycles. The molecule has 3 saturated heterocycles. The largest absolute Gasteiger partial charge is 0.435 e. The SMILES string of the molecule is CNC(=O)Nc1ccc2c(c1)C1(CC1)CC21OC(=O)N(CC2OC2OCC(C)(C)C)C2OC21. The highest BCUT2D eigenvalue weighted by atomic mass is 16.8. The van der Waals surface area contributed by atoms with Crippen LogP contribution in [0, 0.1) is 5.41 Å². The number of hydrogen-bond donors (Lipinski definition) is 2. The smallest absolute Gasteiger partial charge is 0.413 e. The fourth-order valence-corrected chi connectivity index (χ4v) is 5.42. The molecule has 0 aromatic heterocycles. The van der Waals surface area contributed by atoms with Gasteiger partial charge >= 0.3 is 12.1 Å². The van der Waals surface area contributed by atoms with Crippen molar-refractivity contribution in [2.45, 2.75) is 75.8 Å². The van der Waals surface area contributed by atoms with Crippen molar-refractivity contribution in [1.29, 1.82) is 0 Å². The van der Waals surface area contributed by atoms with Gasteiger partial charge < -0.3 is 29.6 Å². The minimum absolute atomic E-state index is 0.000158. The fraction of sp³-hybridized carbons (Fsp3) is 0.667. The van der Waals surface area contributed by atoms with E-state index >= 15 is 0 Å². The Balaban J connectivity index is 1.18. The average Bonchev–Trinajstić information content (AvgIpc) is 3.62. The maximum absolute atomic E-state index is 13.1. The number of anilines is 1. The third-order valence-corrected chi connectivity index (χ3v) is 7.32. The predicted molar refractivity (Wildman–Crippen MR) is 118 cm³/mol. The first-order chi connectivity index (χ1) is 15.6. The Hall–Kier alpha value is -2.36. The summed E-state index contributed by atoms with van der Waals surface area (Å²) in [5.74, 6) is 0. The van der Waals surface area contributed by atoms with E-state index in [4.69, 9.17) is 18.9 Å². The van der Waals surface area contributed by atoms with E-state index in [0.29, 0.717) is 13.2 Å². The molecule has 0 radical (unpaired) electrons. The summed E-state index contributed by atoms with van der Waals surface area (Å²) in [6.45, 7) is 7.33. The molecule has 178 valence electrons. The first-order valence-corrected chi connectivity index (χ1v) is 11.7. The maximum Gasteiger partial charge on any atom is 0.413 e. The number of benzene rings is 1. The second-order valence-electron chi connectivity index (χ2n) is 11.2. The van der Waals surface area contributed by atoms with Gasteiger partial charge in [-0.05, 0) is 36.0 Å². The van der Waals surface area contributed by atoms with E-state index in [2.05, 4.69) is 31.4 Å². The second kappa shape index (κ2) is 6.84. The van der Waals surface area contributed by atoms with Gasteiger partial charge in [0.25, 0.3) is 0 Å². The lowest BCUT2D eigenvalue weighted by atomic mass is 9.89. The standard InChI is InChI=1S/C24H31N3O6/c1-22(2,3)12-30-19-16(31-19)10-27-18-17(32-18)24(33-21(27)29)11-23(7-8-23)15-9-13(5-6-14(15)24)26-20(28)25-4/h5-6,9,16-19H,7-8,10-12H2,1-4H3,(H2,25,26,28). The lowest BCUT2D eigenvalue weighted by molar-refractivity contribution is -0.0481. The Labute approximate surface area is 193 Å². The number of nitrogens with one attached hydrogen (secondary N) is 2. The number of epoxide rings is 2. The highest BCUT2D eigenvalue weighted by Gasteiger charge is 2.73. The van der Waals surface area contributed by atoms with Crippen LogP contribution in [-0.2, 0) is 30.0 Å². The zero-order valence-corrected chi connectivity index (χ0v) is 19.5. The van der Waals surface area contributed by atoms with Crippen LogP contribution in [0.3, 0.4) is 0 Å². The van der Waals surface area contributed by atoms with Crippen LogP contribution < -0.4 is 10.6 Å². The molecule has 33 heavy (non-hydrogen) atoms. The summed E-state index contributed by atoms with van der Waals surface area (Å²) in [5.41, 5.74) is 2.20. The summed E-state index contributed by atoms with van der Waals surface area (Å²) in [4.78, 5) is 26.5. The Morgan fingerprint density at radius 1 is 1.24 bits per heavy atom. The van der Waals surface area contributed by atoms with Gasteiger partial charge in [-0.2, -0.15) is 0 Å². The number of urea groups is 1. The monoisotopic (exact) mass is 457 g/mol. The fourth-order valence-electron chi connectivity index (χ4n) is 5.42. The molecular formula is C24H31N3O6. The van der Waals surface area contributed by atoms with Crippen molar-refractivity contribution in [3.05, 3.63) is 29.3 Å². The molecule has 1 aromatic carbocycles. The van der Waals surface area contributed by atoms with Gasteiger partial charge in [-0.25, -0.2) is 9.59 Å². The zero-order chi connectivity index (χ0) is 23.2. The molecular weight excluding hydrogens is 426 g/mol. The molecule has 5 aliphatic rings. The molecule has 3 heterocycles. The van der Waals surface area contributed by atoms with E-state index < -0.39 is 5.60 Å². The van der Waals surface area contributed by atoms with Crippen LogP contribution in [0.2, 0.25) is 0 Å². The number of hydrogen-bond acceptors (Lipinski definition) is 6. The highest BCUT2D eigenvalue weighted by molar-refractivity contribution is 5.89. The number of nitrogens with zero attached hydrogens (tertiary/aromatic N) is 1. The van der Waals surface area contributed by atoms with Gasteiger partial charge in [0.1, 0.15) is 12.2 Å². The number of ether oxygens (including phenoxy) is 4. The lowest BCUT2D eigenvalue weighted by Gasteiger charge is -2.36. The highest BCUT2D eigenvalue weighted by Crippen LogP contribution is 2.67. The molecule has 9 nitrogen and oxygen atoms in total. The van der Waals surface area contributed by atoms with E-state index in [1.54, 1.807) is 11.9 Å². The molecule has 9 heteroatoms. The number of fused-ring (bicyclic) bond motifs is 5. The van der Waals surface area contributed by atoms with Gasteiger partial charge in [0, 0.05) is 30.1 Å². The lowest BCUT2D eigenvalue weighted by Crippen LogP contribution is -2.51. The summed E-state index contributed by atoms with van der Waals surface area (Å²) in [7, 11) is 1.59. The van der Waals surface area contributed by atoms with Gasteiger partial charge in [-0.15, -0.1) is 0 Å². The van der Waals surface area contributed by atoms with Crippen molar-refractivity contribution in [3.63, 3.8) is 0 Å². The Morgan fingerprint density at radius 2 is 2.03 bits per heavy atom. The van der Waals surface area contributed by atoms with Gasteiger partial charge in [-0.1, -0.05) is 26.8 Å². The maximum atomic E-state index is 13.1. The van der Waals surface area contributed by atoms with Gasteiger partial charge in [0.05, 0.1) is 13.2 Å². The van der Waals surface area contributed by atoms with Crippen molar-refractivity contribution < 1.29 is 28.5 Å². The molecule has 5 atom stereocenters. The molecule has 1 aromatic rings. The Bertz CT molecular complexity index is 1020. The van der Waals surface area contributed by atoms with Gasteiger partial charge in [0.2, 0.25) is 0 Å².